The number of hydrogen-bond acceptors (Lipinski definition) is 6. The highest BCUT2D eigenvalue weighted by atomic mass is 35.5. The summed E-state index contributed by atoms with van der Waals surface area (Å²) >= 11 is 11.7. The Morgan fingerprint density at radius 3 is 2.29 bits per heavy atom. The number of carbonyl (C=O) groups excluding carboxylic acids is 1. The maximum atomic E-state index is 12.2. The smallest absolute Gasteiger partial charge is 0.322 e. The lowest BCUT2D eigenvalue weighted by atomic mass is 10.2. The Morgan fingerprint density at radius 2 is 1.61 bits per heavy atom. The van der Waals surface area contributed by atoms with E-state index in [9.17, 15) is 4.79 Å². The molecule has 0 spiro atoms. The molecule has 0 fully saturated rings. The van der Waals surface area contributed by atoms with Gasteiger partial charge in [0.2, 0.25) is 0 Å². The number of halogens is 2. The first-order chi connectivity index (χ1) is 13.5. The largest absolute Gasteiger partial charge is 0.401 e. The summed E-state index contributed by atoms with van der Waals surface area (Å²) in [5, 5.41) is 19.7. The summed E-state index contributed by atoms with van der Waals surface area (Å²) in [5.41, 5.74) is 2.31. The van der Waals surface area contributed by atoms with Crippen LogP contribution in [-0.2, 0) is 0 Å². The Labute approximate surface area is 169 Å². The summed E-state index contributed by atoms with van der Waals surface area (Å²) in [7, 11) is 0. The van der Waals surface area contributed by atoms with Crippen molar-refractivity contribution in [3.8, 4) is 17.3 Å². The lowest BCUT2D eigenvalue weighted by Gasteiger charge is -2.02. The van der Waals surface area contributed by atoms with Crippen LogP contribution in [0, 0.1) is 6.92 Å². The molecule has 0 bridgehead atoms. The Morgan fingerprint density at radius 1 is 0.964 bits per heavy atom. The molecule has 28 heavy (non-hydrogen) atoms. The van der Waals surface area contributed by atoms with E-state index in [0.29, 0.717) is 27.0 Å². The van der Waals surface area contributed by atoms with E-state index in [2.05, 4.69) is 25.8 Å². The SMILES string of the molecule is Cc1c(-c2nnc(NC(=O)c3ccc(Cl)cc3)o2)nnn1-c1ccc(Cl)cc1. The van der Waals surface area contributed by atoms with Crippen molar-refractivity contribution in [2.75, 3.05) is 5.32 Å². The zero-order valence-corrected chi connectivity index (χ0v) is 15.9. The number of carbonyl (C=O) groups is 1. The van der Waals surface area contributed by atoms with Crippen molar-refractivity contribution in [2.24, 2.45) is 0 Å². The maximum Gasteiger partial charge on any atom is 0.322 e. The maximum absolute atomic E-state index is 12.2. The first-order valence-corrected chi connectivity index (χ1v) is 8.86. The fraction of sp³-hybridized carbons (Fsp3) is 0.0556. The van der Waals surface area contributed by atoms with Crippen molar-refractivity contribution < 1.29 is 9.21 Å². The minimum absolute atomic E-state index is 0.0459. The van der Waals surface area contributed by atoms with E-state index in [-0.39, 0.29) is 11.9 Å². The minimum Gasteiger partial charge on any atom is -0.401 e. The summed E-state index contributed by atoms with van der Waals surface area (Å²) in [6.07, 6.45) is 0. The van der Waals surface area contributed by atoms with Crippen molar-refractivity contribution in [1.29, 1.82) is 0 Å². The van der Waals surface area contributed by atoms with Crippen LogP contribution in [0.5, 0.6) is 0 Å². The number of hydrogen-bond donors (Lipinski definition) is 1. The molecule has 0 unspecified atom stereocenters. The molecule has 0 aliphatic rings. The van der Waals surface area contributed by atoms with E-state index < -0.39 is 5.91 Å². The second-order valence-corrected chi connectivity index (χ2v) is 6.66. The van der Waals surface area contributed by atoms with Crippen LogP contribution in [0.1, 0.15) is 16.1 Å². The molecule has 8 nitrogen and oxygen atoms in total. The van der Waals surface area contributed by atoms with Crippen LogP contribution in [0.25, 0.3) is 17.3 Å². The van der Waals surface area contributed by atoms with E-state index in [1.54, 1.807) is 41.1 Å². The third-order valence-electron chi connectivity index (χ3n) is 3.92. The van der Waals surface area contributed by atoms with Gasteiger partial charge in [-0.2, -0.15) is 0 Å². The standard InChI is InChI=1S/C18H12Cl2N6O2/c1-10-15(22-25-26(10)14-8-6-13(20)7-9-14)17-23-24-18(28-17)21-16(27)11-2-4-12(19)5-3-11/h2-9H,1H3,(H,21,24,27). The number of nitrogens with zero attached hydrogens (tertiary/aromatic N) is 5. The highest BCUT2D eigenvalue weighted by Gasteiger charge is 2.19. The molecule has 0 aliphatic carbocycles. The van der Waals surface area contributed by atoms with Crippen LogP contribution in [0.15, 0.2) is 52.9 Å². The zero-order valence-electron chi connectivity index (χ0n) is 14.4. The van der Waals surface area contributed by atoms with E-state index in [0.717, 1.165) is 5.69 Å². The summed E-state index contributed by atoms with van der Waals surface area (Å²) < 4.78 is 7.14. The average molecular weight is 415 g/mol. The molecule has 0 aliphatic heterocycles. The van der Waals surface area contributed by atoms with Crippen molar-refractivity contribution in [1.82, 2.24) is 25.2 Å². The Kier molecular flexibility index (Phi) is 4.81. The summed E-state index contributed by atoms with van der Waals surface area (Å²) in [4.78, 5) is 12.2. The fourth-order valence-corrected chi connectivity index (χ4v) is 2.75. The molecular formula is C18H12Cl2N6O2. The molecule has 0 saturated carbocycles. The lowest BCUT2D eigenvalue weighted by molar-refractivity contribution is 0.102. The van der Waals surface area contributed by atoms with Crippen molar-refractivity contribution in [2.45, 2.75) is 6.92 Å². The molecule has 2 aromatic carbocycles. The number of aromatic nitrogens is 5. The molecular weight excluding hydrogens is 403 g/mol. The predicted molar refractivity (Wildman–Crippen MR) is 104 cm³/mol. The van der Waals surface area contributed by atoms with Crippen molar-refractivity contribution in [3.05, 3.63) is 69.8 Å². The molecule has 4 rings (SSSR count). The summed E-state index contributed by atoms with van der Waals surface area (Å²) in [5.74, 6) is -0.252. The summed E-state index contributed by atoms with van der Waals surface area (Å²) in [6.45, 7) is 1.82. The molecule has 0 atom stereocenters. The van der Waals surface area contributed by atoms with Gasteiger partial charge in [0, 0.05) is 15.6 Å². The monoisotopic (exact) mass is 414 g/mol. The lowest BCUT2D eigenvalue weighted by Crippen LogP contribution is -2.11. The Balaban J connectivity index is 1.55. The van der Waals surface area contributed by atoms with Gasteiger partial charge in [-0.1, -0.05) is 33.5 Å². The fourth-order valence-electron chi connectivity index (χ4n) is 2.49. The average Bonchev–Trinajstić information content (AvgIpc) is 3.29. The van der Waals surface area contributed by atoms with Crippen LogP contribution in [-0.4, -0.2) is 31.1 Å². The normalized spacial score (nSPS) is 10.8. The van der Waals surface area contributed by atoms with E-state index in [4.69, 9.17) is 27.6 Å². The molecule has 2 aromatic heterocycles. The second-order valence-electron chi connectivity index (χ2n) is 5.79. The quantitative estimate of drug-likeness (QED) is 0.537. The number of rotatable bonds is 4. The van der Waals surface area contributed by atoms with Gasteiger partial charge in [0.25, 0.3) is 11.8 Å². The van der Waals surface area contributed by atoms with Crippen molar-refractivity contribution in [3.63, 3.8) is 0 Å². The molecule has 4 aromatic rings. The van der Waals surface area contributed by atoms with E-state index >= 15 is 0 Å². The van der Waals surface area contributed by atoms with Gasteiger partial charge in [-0.3, -0.25) is 10.1 Å². The zero-order chi connectivity index (χ0) is 19.7. The van der Waals surface area contributed by atoms with Gasteiger partial charge in [0.1, 0.15) is 0 Å². The topological polar surface area (TPSA) is 98.7 Å². The third kappa shape index (κ3) is 3.60. The van der Waals surface area contributed by atoms with Gasteiger partial charge in [0.15, 0.2) is 5.69 Å². The first-order valence-electron chi connectivity index (χ1n) is 8.10. The van der Waals surface area contributed by atoms with Crippen LogP contribution >= 0.6 is 23.2 Å². The molecule has 1 N–H and O–H groups in total. The van der Waals surface area contributed by atoms with Crippen molar-refractivity contribution >= 4 is 35.1 Å². The van der Waals surface area contributed by atoms with Gasteiger partial charge >= 0.3 is 6.01 Å². The molecule has 140 valence electrons. The first kappa shape index (κ1) is 18.1. The van der Waals surface area contributed by atoms with E-state index in [1.165, 1.54) is 0 Å². The second kappa shape index (κ2) is 7.41. The Bertz CT molecular complexity index is 1140. The Hall–Kier alpha value is -3.23. The number of benzene rings is 2. The minimum atomic E-state index is -0.395. The predicted octanol–water partition coefficient (Wildman–Crippen LogP) is 4.18. The van der Waals surface area contributed by atoms with Gasteiger partial charge in [0.05, 0.1) is 11.4 Å². The van der Waals surface area contributed by atoms with Crippen LogP contribution in [0.2, 0.25) is 10.0 Å². The van der Waals surface area contributed by atoms with Gasteiger partial charge in [-0.15, -0.1) is 10.2 Å². The van der Waals surface area contributed by atoms with Gasteiger partial charge < -0.3 is 4.42 Å². The highest BCUT2D eigenvalue weighted by molar-refractivity contribution is 6.31. The number of nitrogens with one attached hydrogen (secondary N) is 1. The van der Waals surface area contributed by atoms with Gasteiger partial charge in [-0.25, -0.2) is 4.68 Å². The molecule has 0 saturated heterocycles. The van der Waals surface area contributed by atoms with E-state index in [1.807, 2.05) is 19.1 Å². The molecule has 2 heterocycles. The highest BCUT2D eigenvalue weighted by Crippen LogP contribution is 2.24. The summed E-state index contributed by atoms with van der Waals surface area (Å²) in [6, 6.07) is 13.5. The van der Waals surface area contributed by atoms with Crippen LogP contribution in [0.4, 0.5) is 6.01 Å². The number of amides is 1. The molecule has 0 radical (unpaired) electrons. The van der Waals surface area contributed by atoms with Gasteiger partial charge in [-0.05, 0) is 55.5 Å². The van der Waals surface area contributed by atoms with Crippen LogP contribution in [0.3, 0.4) is 0 Å². The van der Waals surface area contributed by atoms with Crippen LogP contribution < -0.4 is 5.32 Å². The third-order valence-corrected chi connectivity index (χ3v) is 4.42. The number of anilines is 1. The molecule has 1 amide bonds. The molecule has 10 heteroatoms.